The second kappa shape index (κ2) is 5.28. The number of halogens is 2. The van der Waals surface area contributed by atoms with Crippen molar-refractivity contribution in [2.75, 3.05) is 0 Å². The van der Waals surface area contributed by atoms with Crippen molar-refractivity contribution in [2.45, 2.75) is 57.1 Å². The average molecular weight is 296 g/mol. The topological polar surface area (TPSA) is 54.4 Å². The van der Waals surface area contributed by atoms with Crippen molar-refractivity contribution >= 4 is 10.1 Å². The highest BCUT2D eigenvalue weighted by Gasteiger charge is 2.44. The normalized spacial score (nSPS) is 36.2. The van der Waals surface area contributed by atoms with E-state index in [0.717, 1.165) is 18.8 Å². The van der Waals surface area contributed by atoms with E-state index in [9.17, 15) is 17.2 Å². The van der Waals surface area contributed by atoms with Crippen molar-refractivity contribution in [1.82, 2.24) is 0 Å². The molecule has 0 radical (unpaired) electrons. The zero-order valence-electron chi connectivity index (χ0n) is 11.2. The van der Waals surface area contributed by atoms with Gasteiger partial charge in [0.1, 0.15) is 0 Å². The second-order valence-electron chi connectivity index (χ2n) is 6.53. The Morgan fingerprint density at radius 3 is 2.11 bits per heavy atom. The van der Waals surface area contributed by atoms with E-state index in [1.807, 2.05) is 0 Å². The summed E-state index contributed by atoms with van der Waals surface area (Å²) in [7, 11) is -5.26. The summed E-state index contributed by atoms with van der Waals surface area (Å²) in [4.78, 5) is 0. The first-order chi connectivity index (χ1) is 8.67. The van der Waals surface area contributed by atoms with Crippen LogP contribution in [0.25, 0.3) is 0 Å². The van der Waals surface area contributed by atoms with E-state index >= 15 is 0 Å². The molecule has 2 fully saturated rings. The zero-order valence-corrected chi connectivity index (χ0v) is 12.0. The molecule has 0 aliphatic heterocycles. The molecule has 0 aromatic rings. The van der Waals surface area contributed by atoms with Gasteiger partial charge in [0.2, 0.25) is 0 Å². The largest absolute Gasteiger partial charge is 0.370 e. The maximum atomic E-state index is 13.2. The number of alkyl halides is 2. The second-order valence-corrected chi connectivity index (χ2v) is 8.08. The molecule has 0 heterocycles. The van der Waals surface area contributed by atoms with Crippen LogP contribution < -0.4 is 0 Å². The van der Waals surface area contributed by atoms with Crippen molar-refractivity contribution in [3.05, 3.63) is 0 Å². The molecule has 1 N–H and O–H groups in total. The summed E-state index contributed by atoms with van der Waals surface area (Å²) in [6.45, 7) is 2.24. The van der Waals surface area contributed by atoms with Gasteiger partial charge in [-0.2, -0.15) is 17.2 Å². The fourth-order valence-electron chi connectivity index (χ4n) is 4.06. The monoisotopic (exact) mass is 296 g/mol. The molecule has 112 valence electrons. The lowest BCUT2D eigenvalue weighted by atomic mass is 9.64. The summed E-state index contributed by atoms with van der Waals surface area (Å²) < 4.78 is 56.0. The van der Waals surface area contributed by atoms with Crippen LogP contribution >= 0.6 is 0 Å². The van der Waals surface area contributed by atoms with Gasteiger partial charge >= 0.3 is 15.4 Å². The number of fused-ring (bicyclic) bond motifs is 2. The maximum Gasteiger partial charge on any atom is 0.370 e. The Morgan fingerprint density at radius 1 is 1.11 bits per heavy atom. The summed E-state index contributed by atoms with van der Waals surface area (Å²) in [5.41, 5.74) is 0. The SMILES string of the molecule is CC1CC2CC(CCC(F)(F)S(=O)(=O)O)CC(C1)C2. The van der Waals surface area contributed by atoms with Gasteiger partial charge in [-0.15, -0.1) is 0 Å². The molecule has 19 heavy (non-hydrogen) atoms. The Bertz CT molecular complexity index is 404. The Kier molecular flexibility index (Phi) is 4.21. The predicted octanol–water partition coefficient (Wildman–Crippen LogP) is 3.71. The van der Waals surface area contributed by atoms with E-state index in [2.05, 4.69) is 6.92 Å². The van der Waals surface area contributed by atoms with Crippen LogP contribution in [0.3, 0.4) is 0 Å². The number of hydrogen-bond donors (Lipinski definition) is 1. The Labute approximate surface area is 113 Å². The molecule has 2 unspecified atom stereocenters. The number of hydrogen-bond acceptors (Lipinski definition) is 2. The predicted molar refractivity (Wildman–Crippen MR) is 68.4 cm³/mol. The highest BCUT2D eigenvalue weighted by Crippen LogP contribution is 2.46. The highest BCUT2D eigenvalue weighted by atomic mass is 32.2. The molecular weight excluding hydrogens is 274 g/mol. The van der Waals surface area contributed by atoms with Crippen LogP contribution in [0.4, 0.5) is 8.78 Å². The van der Waals surface area contributed by atoms with Gasteiger partial charge in [0.25, 0.3) is 0 Å². The minimum Gasteiger partial charge on any atom is -0.281 e. The van der Waals surface area contributed by atoms with Crippen LogP contribution in [-0.4, -0.2) is 18.2 Å². The molecular formula is C13H22F2O3S. The van der Waals surface area contributed by atoms with E-state index in [1.165, 1.54) is 19.3 Å². The minimum absolute atomic E-state index is 0.184. The van der Waals surface area contributed by atoms with Gasteiger partial charge in [0, 0.05) is 6.42 Å². The molecule has 2 saturated carbocycles. The smallest absolute Gasteiger partial charge is 0.281 e. The molecule has 0 amide bonds. The Balaban J connectivity index is 1.88. The van der Waals surface area contributed by atoms with Crippen molar-refractivity contribution < 1.29 is 21.8 Å². The molecule has 6 heteroatoms. The van der Waals surface area contributed by atoms with E-state index in [-0.39, 0.29) is 12.3 Å². The molecule has 0 spiro atoms. The van der Waals surface area contributed by atoms with Crippen molar-refractivity contribution in [3.63, 3.8) is 0 Å². The van der Waals surface area contributed by atoms with Gasteiger partial charge in [-0.25, -0.2) is 0 Å². The minimum atomic E-state index is -5.26. The summed E-state index contributed by atoms with van der Waals surface area (Å²) in [6.07, 6.45) is 4.84. The molecule has 0 aromatic heterocycles. The van der Waals surface area contributed by atoms with E-state index in [1.54, 1.807) is 0 Å². The van der Waals surface area contributed by atoms with Crippen LogP contribution in [0.15, 0.2) is 0 Å². The van der Waals surface area contributed by atoms with Gasteiger partial charge in [0.15, 0.2) is 0 Å². The third-order valence-electron chi connectivity index (χ3n) is 4.69. The summed E-state index contributed by atoms with van der Waals surface area (Å²) >= 11 is 0. The third-order valence-corrected chi connectivity index (χ3v) is 5.65. The Hall–Kier alpha value is -0.230. The lowest BCUT2D eigenvalue weighted by Crippen LogP contribution is -2.33. The molecule has 0 saturated heterocycles. The molecule has 3 nitrogen and oxygen atoms in total. The van der Waals surface area contributed by atoms with Gasteiger partial charge in [-0.1, -0.05) is 6.92 Å². The van der Waals surface area contributed by atoms with E-state index in [4.69, 9.17) is 4.55 Å². The maximum absolute atomic E-state index is 13.2. The van der Waals surface area contributed by atoms with Crippen LogP contribution in [0, 0.1) is 23.7 Å². The summed E-state index contributed by atoms with van der Waals surface area (Å²) in [5, 5.41) is -3.99. The third kappa shape index (κ3) is 3.66. The lowest BCUT2D eigenvalue weighted by Gasteiger charge is -2.42. The number of rotatable bonds is 4. The fourth-order valence-corrected chi connectivity index (χ4v) is 4.43. The van der Waals surface area contributed by atoms with Crippen molar-refractivity contribution in [2.24, 2.45) is 23.7 Å². The zero-order chi connectivity index (χ0) is 14.3. The first-order valence-corrected chi connectivity index (χ1v) is 8.46. The van der Waals surface area contributed by atoms with Gasteiger partial charge in [-0.3, -0.25) is 4.55 Å². The van der Waals surface area contributed by atoms with Crippen LogP contribution in [0.5, 0.6) is 0 Å². The average Bonchev–Trinajstić information content (AvgIpc) is 2.23. The molecule has 2 aliphatic carbocycles. The van der Waals surface area contributed by atoms with Crippen LogP contribution in [-0.2, 0) is 10.1 Å². The first kappa shape index (κ1) is 15.2. The standard InChI is InChI=1S/C13H22F2O3S/c1-9-4-11-6-10(7-12(5-9)8-11)2-3-13(14,15)19(16,17)18/h9-12H,2-8H2,1H3,(H,16,17,18). The summed E-state index contributed by atoms with van der Waals surface area (Å²) in [5.74, 6) is 2.14. The van der Waals surface area contributed by atoms with Crippen LogP contribution in [0.2, 0.25) is 0 Å². The molecule has 2 rings (SSSR count). The van der Waals surface area contributed by atoms with Crippen LogP contribution in [0.1, 0.15) is 51.9 Å². The van der Waals surface area contributed by atoms with E-state index < -0.39 is 21.8 Å². The highest BCUT2D eigenvalue weighted by molar-refractivity contribution is 7.86. The van der Waals surface area contributed by atoms with Crippen molar-refractivity contribution in [3.8, 4) is 0 Å². The molecule has 0 aromatic carbocycles. The molecule has 2 bridgehead atoms. The lowest BCUT2D eigenvalue weighted by molar-refractivity contribution is 0.0466. The van der Waals surface area contributed by atoms with Gasteiger partial charge in [0.05, 0.1) is 0 Å². The quantitative estimate of drug-likeness (QED) is 0.805. The first-order valence-electron chi connectivity index (χ1n) is 7.02. The van der Waals surface area contributed by atoms with Crippen molar-refractivity contribution in [1.29, 1.82) is 0 Å². The molecule has 2 atom stereocenters. The fraction of sp³-hybridized carbons (Fsp3) is 1.00. The summed E-state index contributed by atoms with van der Waals surface area (Å²) in [6, 6.07) is 0. The van der Waals surface area contributed by atoms with Gasteiger partial charge < -0.3 is 0 Å². The Morgan fingerprint density at radius 2 is 1.63 bits per heavy atom. The van der Waals surface area contributed by atoms with Gasteiger partial charge in [-0.05, 0) is 62.2 Å². The molecule has 2 aliphatic rings. The van der Waals surface area contributed by atoms with E-state index in [0.29, 0.717) is 11.8 Å².